The Bertz CT molecular complexity index is 603. The molecule has 2 aliphatic rings. The van der Waals surface area contributed by atoms with Crippen molar-refractivity contribution < 1.29 is 30.0 Å². The molecule has 0 atom stereocenters. The van der Waals surface area contributed by atoms with Crippen molar-refractivity contribution in [3.05, 3.63) is 5.53 Å². The van der Waals surface area contributed by atoms with Crippen LogP contribution in [0, 0.1) is 0 Å². The molecule has 0 aromatic carbocycles. The van der Waals surface area contributed by atoms with E-state index in [1.54, 1.807) is 0 Å². The lowest BCUT2D eigenvalue weighted by atomic mass is 9.98. The average molecular weight is 366 g/mol. The first-order valence-corrected chi connectivity index (χ1v) is 10.8. The van der Waals surface area contributed by atoms with Crippen LogP contribution in [0.3, 0.4) is 0 Å². The highest BCUT2D eigenvalue weighted by molar-refractivity contribution is 8.27. The highest BCUT2D eigenvalue weighted by Gasteiger charge is 2.46. The van der Waals surface area contributed by atoms with Gasteiger partial charge in [-0.3, -0.25) is 8.37 Å². The molecular formula is C13H22N2O6S2. The number of hydrogen-bond donors (Lipinski definition) is 0. The van der Waals surface area contributed by atoms with Crippen LogP contribution in [0.4, 0.5) is 0 Å². The molecule has 0 spiro atoms. The Morgan fingerprint density at radius 1 is 0.739 bits per heavy atom. The molecule has 0 aromatic rings. The van der Waals surface area contributed by atoms with E-state index in [2.05, 4.69) is 4.79 Å². The zero-order chi connectivity index (χ0) is 16.9. The van der Waals surface area contributed by atoms with Crippen LogP contribution < -0.4 is 0 Å². The SMILES string of the molecule is [N-]=[N+]=C(S(=O)(=O)OC1CCCCC1)S(=O)(=O)OC1CCCCC1. The second-order valence-corrected chi connectivity index (χ2v) is 9.22. The van der Waals surface area contributed by atoms with Crippen LogP contribution in [0.25, 0.3) is 5.53 Å². The maximum Gasteiger partial charge on any atom is 0.546 e. The molecule has 0 unspecified atom stereocenters. The van der Waals surface area contributed by atoms with Gasteiger partial charge in [0.05, 0.1) is 12.2 Å². The minimum atomic E-state index is -4.69. The summed E-state index contributed by atoms with van der Waals surface area (Å²) in [7, 11) is -9.39. The van der Waals surface area contributed by atoms with Crippen molar-refractivity contribution in [1.29, 1.82) is 0 Å². The van der Waals surface area contributed by atoms with Gasteiger partial charge in [0.1, 0.15) is 0 Å². The lowest BCUT2D eigenvalue weighted by Crippen LogP contribution is -2.35. The molecule has 2 aliphatic carbocycles. The normalized spacial score (nSPS) is 21.7. The first kappa shape index (κ1) is 18.5. The fourth-order valence-corrected chi connectivity index (χ4v) is 5.69. The first-order chi connectivity index (χ1) is 10.8. The lowest BCUT2D eigenvalue weighted by Gasteiger charge is -2.21. The summed E-state index contributed by atoms with van der Waals surface area (Å²) in [5.41, 5.74) is 8.93. The molecule has 0 N–H and O–H groups in total. The molecule has 132 valence electrons. The van der Waals surface area contributed by atoms with Gasteiger partial charge in [0.25, 0.3) is 0 Å². The third kappa shape index (κ3) is 5.09. The van der Waals surface area contributed by atoms with E-state index in [0.717, 1.165) is 38.5 Å². The fourth-order valence-electron chi connectivity index (χ4n) is 2.99. The fraction of sp³-hybridized carbons (Fsp3) is 0.923. The molecule has 0 heterocycles. The summed E-state index contributed by atoms with van der Waals surface area (Å²) in [6, 6.07) is 0. The summed E-state index contributed by atoms with van der Waals surface area (Å²) in [4.78, 5) is 2.45. The van der Waals surface area contributed by atoms with Gasteiger partial charge in [0.2, 0.25) is 0 Å². The number of rotatable bonds is 4. The highest BCUT2D eigenvalue weighted by Crippen LogP contribution is 2.25. The van der Waals surface area contributed by atoms with Crippen LogP contribution in [-0.4, -0.2) is 38.2 Å². The maximum atomic E-state index is 12.1. The van der Waals surface area contributed by atoms with E-state index in [1.807, 2.05) is 0 Å². The summed E-state index contributed by atoms with van der Waals surface area (Å²) in [6.45, 7) is 0. The van der Waals surface area contributed by atoms with Crippen LogP contribution in [0.2, 0.25) is 0 Å². The van der Waals surface area contributed by atoms with Gasteiger partial charge in [-0.25, -0.2) is 0 Å². The topological polar surface area (TPSA) is 123 Å². The van der Waals surface area contributed by atoms with Gasteiger partial charge in [0, 0.05) is 0 Å². The van der Waals surface area contributed by atoms with E-state index in [-0.39, 0.29) is 0 Å². The molecule has 0 aromatic heterocycles. The van der Waals surface area contributed by atoms with Crippen LogP contribution in [0.5, 0.6) is 0 Å². The minimum Gasteiger partial charge on any atom is -0.359 e. The van der Waals surface area contributed by atoms with Gasteiger partial charge in [0.15, 0.2) is 0 Å². The van der Waals surface area contributed by atoms with E-state index in [0.29, 0.717) is 25.7 Å². The van der Waals surface area contributed by atoms with Gasteiger partial charge in [-0.15, -0.1) is 4.79 Å². The Hall–Kier alpha value is -0.800. The molecular weight excluding hydrogens is 344 g/mol. The Kier molecular flexibility index (Phi) is 6.33. The van der Waals surface area contributed by atoms with Gasteiger partial charge in [-0.2, -0.15) is 16.8 Å². The molecule has 0 radical (unpaired) electrons. The summed E-state index contributed by atoms with van der Waals surface area (Å²) < 4.78 is 57.0. The Labute approximate surface area is 137 Å². The van der Waals surface area contributed by atoms with Crippen molar-refractivity contribution in [3.63, 3.8) is 0 Å². The van der Waals surface area contributed by atoms with Crippen molar-refractivity contribution in [1.82, 2.24) is 0 Å². The summed E-state index contributed by atoms with van der Waals surface area (Å²) in [5.74, 6) is 0. The predicted octanol–water partition coefficient (Wildman–Crippen LogP) is 1.93. The summed E-state index contributed by atoms with van der Waals surface area (Å²) >= 11 is 0. The third-order valence-electron chi connectivity index (χ3n) is 4.14. The first-order valence-electron chi connectivity index (χ1n) is 7.94. The molecule has 0 saturated heterocycles. The van der Waals surface area contributed by atoms with E-state index in [1.165, 1.54) is 0 Å². The van der Waals surface area contributed by atoms with Crippen LogP contribution in [0.15, 0.2) is 0 Å². The largest absolute Gasteiger partial charge is 0.546 e. The molecule has 2 saturated carbocycles. The van der Waals surface area contributed by atoms with Gasteiger partial charge >= 0.3 is 24.6 Å². The van der Waals surface area contributed by atoms with Crippen molar-refractivity contribution in [2.75, 3.05) is 0 Å². The smallest absolute Gasteiger partial charge is 0.359 e. The van der Waals surface area contributed by atoms with Crippen LogP contribution >= 0.6 is 0 Å². The second-order valence-electron chi connectivity index (χ2n) is 5.99. The maximum absolute atomic E-state index is 12.1. The number of nitrogens with zero attached hydrogens (tertiary/aromatic N) is 2. The quantitative estimate of drug-likeness (QED) is 0.246. The molecule has 2 rings (SSSR count). The summed E-state index contributed by atoms with van der Waals surface area (Å²) in [5, 5.41) is 0. The molecule has 0 amide bonds. The van der Waals surface area contributed by atoms with E-state index >= 15 is 0 Å². The second kappa shape index (κ2) is 7.85. The Morgan fingerprint density at radius 2 is 1.09 bits per heavy atom. The molecule has 0 aliphatic heterocycles. The third-order valence-corrected chi connectivity index (χ3v) is 7.43. The zero-order valence-electron chi connectivity index (χ0n) is 12.9. The molecule has 23 heavy (non-hydrogen) atoms. The standard InChI is InChI=1S/C13H22N2O6S2/c14-15-13(22(16,17)20-11-7-3-1-4-8-11)23(18,19)21-12-9-5-2-6-10-12/h11-12H,1-10H2. The van der Waals surface area contributed by atoms with Crippen LogP contribution in [0.1, 0.15) is 64.2 Å². The van der Waals surface area contributed by atoms with E-state index in [9.17, 15) is 16.8 Å². The van der Waals surface area contributed by atoms with Gasteiger partial charge < -0.3 is 5.53 Å². The van der Waals surface area contributed by atoms with E-state index < -0.39 is 36.8 Å². The molecule has 10 heteroatoms. The monoisotopic (exact) mass is 366 g/mol. The molecule has 8 nitrogen and oxygen atoms in total. The average Bonchev–Trinajstić information content (AvgIpc) is 2.48. The predicted molar refractivity (Wildman–Crippen MR) is 82.4 cm³/mol. The highest BCUT2D eigenvalue weighted by atomic mass is 32.3. The van der Waals surface area contributed by atoms with Crippen LogP contribution in [-0.2, 0) is 28.6 Å². The summed E-state index contributed by atoms with van der Waals surface area (Å²) in [6.07, 6.45) is 6.19. The lowest BCUT2D eigenvalue weighted by molar-refractivity contribution is 0.000599. The van der Waals surface area contributed by atoms with Crippen molar-refractivity contribution >= 4 is 24.6 Å². The minimum absolute atomic E-state index is 0.529. The van der Waals surface area contributed by atoms with Crippen molar-refractivity contribution in [2.24, 2.45) is 0 Å². The van der Waals surface area contributed by atoms with Crippen molar-refractivity contribution in [2.45, 2.75) is 76.4 Å². The van der Waals surface area contributed by atoms with Crippen molar-refractivity contribution in [3.8, 4) is 0 Å². The molecule has 2 fully saturated rings. The van der Waals surface area contributed by atoms with Gasteiger partial charge in [-0.05, 0) is 25.7 Å². The zero-order valence-corrected chi connectivity index (χ0v) is 14.5. The van der Waals surface area contributed by atoms with E-state index in [4.69, 9.17) is 13.9 Å². The Morgan fingerprint density at radius 3 is 1.39 bits per heavy atom. The number of hydrogen-bond acceptors (Lipinski definition) is 6. The van der Waals surface area contributed by atoms with Gasteiger partial charge in [-0.1, -0.05) is 38.5 Å². The Balaban J connectivity index is 2.11. The molecule has 0 bridgehead atoms.